The van der Waals surface area contributed by atoms with Crippen molar-refractivity contribution in [3.63, 3.8) is 0 Å². The van der Waals surface area contributed by atoms with Gasteiger partial charge in [0.1, 0.15) is 5.75 Å². The Labute approximate surface area is 153 Å². The quantitative estimate of drug-likeness (QED) is 0.790. The fourth-order valence-corrected chi connectivity index (χ4v) is 3.41. The first kappa shape index (κ1) is 18.0. The number of anilines is 1. The minimum Gasteiger partial charge on any atom is -0.484 e. The van der Waals surface area contributed by atoms with Crippen LogP contribution in [0.4, 0.5) is 5.69 Å². The number of fused-ring (bicyclic) bond motifs is 1. The Kier molecular flexibility index (Phi) is 5.26. The van der Waals surface area contributed by atoms with Crippen molar-refractivity contribution in [1.29, 1.82) is 0 Å². The number of ether oxygens (including phenoxy) is 2. The summed E-state index contributed by atoms with van der Waals surface area (Å²) in [7, 11) is 1.39. The van der Waals surface area contributed by atoms with Crippen LogP contribution in [0.3, 0.4) is 0 Å². The van der Waals surface area contributed by atoms with Crippen LogP contribution in [0.2, 0.25) is 0 Å². The summed E-state index contributed by atoms with van der Waals surface area (Å²) >= 11 is 0. The molecule has 0 N–H and O–H groups in total. The molecule has 0 spiro atoms. The number of amides is 1. The fourth-order valence-electron chi connectivity index (χ4n) is 3.41. The molecule has 0 radical (unpaired) electrons. The zero-order chi connectivity index (χ0) is 18.7. The third-order valence-corrected chi connectivity index (χ3v) is 4.73. The Morgan fingerprint density at radius 3 is 2.50 bits per heavy atom. The lowest BCUT2D eigenvalue weighted by Crippen LogP contribution is -2.46. The number of hydrogen-bond acceptors (Lipinski definition) is 4. The number of carbonyl (C=O) groups excluding carboxylic acids is 2. The molecule has 1 amide bonds. The molecule has 0 aromatic heterocycles. The molecule has 0 bridgehead atoms. The third kappa shape index (κ3) is 3.57. The maximum absolute atomic E-state index is 12.8. The summed E-state index contributed by atoms with van der Waals surface area (Å²) in [4.78, 5) is 26.7. The van der Waals surface area contributed by atoms with Crippen LogP contribution in [0.5, 0.6) is 5.75 Å². The third-order valence-electron chi connectivity index (χ3n) is 4.73. The number of benzene rings is 2. The van der Waals surface area contributed by atoms with Gasteiger partial charge in [0.15, 0.2) is 6.61 Å². The minimum atomic E-state index is -0.353. The first-order valence-electron chi connectivity index (χ1n) is 8.69. The second-order valence-corrected chi connectivity index (χ2v) is 6.58. The Balaban J connectivity index is 1.80. The van der Waals surface area contributed by atoms with E-state index in [2.05, 4.69) is 0 Å². The van der Waals surface area contributed by atoms with Gasteiger partial charge >= 0.3 is 5.97 Å². The van der Waals surface area contributed by atoms with Crippen LogP contribution in [-0.4, -0.2) is 31.6 Å². The van der Waals surface area contributed by atoms with Crippen molar-refractivity contribution in [1.82, 2.24) is 0 Å². The number of esters is 1. The Morgan fingerprint density at radius 2 is 1.81 bits per heavy atom. The first-order chi connectivity index (χ1) is 12.5. The average Bonchev–Trinajstić information content (AvgIpc) is 2.66. The van der Waals surface area contributed by atoms with Crippen molar-refractivity contribution in [3.05, 3.63) is 59.7 Å². The van der Waals surface area contributed by atoms with Crippen LogP contribution in [-0.2, 0) is 14.3 Å². The molecule has 0 aliphatic carbocycles. The molecule has 2 atom stereocenters. The molecular weight excluding hydrogens is 330 g/mol. The van der Waals surface area contributed by atoms with Gasteiger partial charge in [-0.05, 0) is 44.0 Å². The van der Waals surface area contributed by atoms with Crippen LogP contribution in [0.15, 0.2) is 48.5 Å². The van der Waals surface area contributed by atoms with Gasteiger partial charge < -0.3 is 14.4 Å². The molecule has 136 valence electrons. The van der Waals surface area contributed by atoms with E-state index in [1.165, 1.54) is 7.11 Å². The largest absolute Gasteiger partial charge is 0.484 e. The van der Waals surface area contributed by atoms with Gasteiger partial charge in [0.2, 0.25) is 0 Å². The molecule has 2 aromatic rings. The zero-order valence-electron chi connectivity index (χ0n) is 15.3. The summed E-state index contributed by atoms with van der Waals surface area (Å²) < 4.78 is 10.6. The molecule has 2 unspecified atom stereocenters. The van der Waals surface area contributed by atoms with Crippen molar-refractivity contribution < 1.29 is 19.1 Å². The predicted molar refractivity (Wildman–Crippen MR) is 99.4 cm³/mol. The van der Waals surface area contributed by atoms with E-state index in [-0.39, 0.29) is 30.4 Å². The highest BCUT2D eigenvalue weighted by molar-refractivity contribution is 5.98. The highest BCUT2D eigenvalue weighted by atomic mass is 16.5. The predicted octanol–water partition coefficient (Wildman–Crippen LogP) is 3.46. The lowest BCUT2D eigenvalue weighted by molar-refractivity contribution is -0.143. The molecule has 1 aliphatic heterocycles. The molecule has 0 fully saturated rings. The van der Waals surface area contributed by atoms with Gasteiger partial charge in [0.05, 0.1) is 13.0 Å². The summed E-state index contributed by atoms with van der Waals surface area (Å²) in [6, 6.07) is 15.0. The molecule has 2 aromatic carbocycles. The van der Waals surface area contributed by atoms with E-state index in [1.807, 2.05) is 62.4 Å². The van der Waals surface area contributed by atoms with Crippen molar-refractivity contribution >= 4 is 17.6 Å². The maximum atomic E-state index is 12.8. The first-order valence-corrected chi connectivity index (χ1v) is 8.69. The van der Waals surface area contributed by atoms with Crippen molar-refractivity contribution in [2.45, 2.75) is 32.2 Å². The molecule has 0 saturated heterocycles. The van der Waals surface area contributed by atoms with E-state index in [4.69, 9.17) is 9.47 Å². The lowest BCUT2D eigenvalue weighted by Gasteiger charge is -2.38. The Bertz CT molecular complexity index is 800. The number of methoxy groups -OCH3 is 1. The van der Waals surface area contributed by atoms with Gasteiger partial charge in [-0.25, -0.2) is 0 Å². The number of rotatable bonds is 4. The molecule has 3 rings (SSSR count). The lowest BCUT2D eigenvalue weighted by atomic mass is 9.86. The molecule has 1 heterocycles. The number of para-hydroxylation sites is 1. The minimum absolute atomic E-state index is 0.0510. The maximum Gasteiger partial charge on any atom is 0.313 e. The SMILES string of the molecule is COC(=O)C1CC(C)N(C(=O)COc2ccc(C)cc2)c2ccccc21. The van der Waals surface area contributed by atoms with E-state index in [1.54, 1.807) is 4.90 Å². The smallest absolute Gasteiger partial charge is 0.313 e. The zero-order valence-corrected chi connectivity index (χ0v) is 15.3. The second-order valence-electron chi connectivity index (χ2n) is 6.58. The van der Waals surface area contributed by atoms with Crippen LogP contribution < -0.4 is 9.64 Å². The van der Waals surface area contributed by atoms with Crippen LogP contribution in [0.25, 0.3) is 0 Å². The highest BCUT2D eigenvalue weighted by Crippen LogP contribution is 2.39. The average molecular weight is 353 g/mol. The van der Waals surface area contributed by atoms with Gasteiger partial charge in [-0.15, -0.1) is 0 Å². The monoisotopic (exact) mass is 353 g/mol. The van der Waals surface area contributed by atoms with E-state index >= 15 is 0 Å². The van der Waals surface area contributed by atoms with Gasteiger partial charge in [0.25, 0.3) is 5.91 Å². The van der Waals surface area contributed by atoms with Crippen molar-refractivity contribution in [3.8, 4) is 5.75 Å². The summed E-state index contributed by atoms with van der Waals surface area (Å²) in [6.07, 6.45) is 0.528. The van der Waals surface area contributed by atoms with Crippen molar-refractivity contribution in [2.75, 3.05) is 18.6 Å². The van der Waals surface area contributed by atoms with Gasteiger partial charge in [0, 0.05) is 11.7 Å². The van der Waals surface area contributed by atoms with E-state index < -0.39 is 0 Å². The summed E-state index contributed by atoms with van der Waals surface area (Å²) in [5.74, 6) is -0.0938. The van der Waals surface area contributed by atoms with E-state index in [9.17, 15) is 9.59 Å². The Morgan fingerprint density at radius 1 is 1.12 bits per heavy atom. The summed E-state index contributed by atoms with van der Waals surface area (Å²) in [5, 5.41) is 0. The number of nitrogens with zero attached hydrogens (tertiary/aromatic N) is 1. The van der Waals surface area contributed by atoms with E-state index in [0.717, 1.165) is 16.8 Å². The molecule has 1 aliphatic rings. The molecule has 0 saturated carbocycles. The number of aryl methyl sites for hydroxylation is 1. The van der Waals surface area contributed by atoms with Gasteiger partial charge in [-0.2, -0.15) is 0 Å². The summed E-state index contributed by atoms with van der Waals surface area (Å²) in [5.41, 5.74) is 2.71. The van der Waals surface area contributed by atoms with Crippen molar-refractivity contribution in [2.24, 2.45) is 0 Å². The normalized spacial score (nSPS) is 18.8. The van der Waals surface area contributed by atoms with Crippen LogP contribution in [0, 0.1) is 6.92 Å². The molecule has 26 heavy (non-hydrogen) atoms. The van der Waals surface area contributed by atoms with Crippen LogP contribution in [0.1, 0.15) is 30.4 Å². The fraction of sp³-hybridized carbons (Fsp3) is 0.333. The van der Waals surface area contributed by atoms with Crippen LogP contribution >= 0.6 is 0 Å². The number of carbonyl (C=O) groups is 2. The Hall–Kier alpha value is -2.82. The highest BCUT2D eigenvalue weighted by Gasteiger charge is 2.37. The van der Waals surface area contributed by atoms with Gasteiger partial charge in [-0.1, -0.05) is 35.9 Å². The topological polar surface area (TPSA) is 55.8 Å². The standard InChI is InChI=1S/C21H23NO4/c1-14-8-10-16(11-9-14)26-13-20(23)22-15(2)12-18(21(24)25-3)17-6-4-5-7-19(17)22/h4-11,15,18H,12-13H2,1-3H3. The van der Waals surface area contributed by atoms with E-state index in [0.29, 0.717) is 12.2 Å². The van der Waals surface area contributed by atoms with Gasteiger partial charge in [-0.3, -0.25) is 9.59 Å². The number of hydrogen-bond donors (Lipinski definition) is 0. The second kappa shape index (κ2) is 7.60. The summed E-state index contributed by atoms with van der Waals surface area (Å²) in [6.45, 7) is 3.89. The molecular formula is C21H23NO4. The molecule has 5 heteroatoms. The molecule has 5 nitrogen and oxygen atoms in total.